The Morgan fingerprint density at radius 1 is 1.03 bits per heavy atom. The third-order valence-electron chi connectivity index (χ3n) is 3.68. The summed E-state index contributed by atoms with van der Waals surface area (Å²) in [5.74, 6) is 0.0864. The van der Waals surface area contributed by atoms with E-state index < -0.39 is 16.2 Å². The number of para-hydroxylation sites is 1. The molecule has 0 spiro atoms. The van der Waals surface area contributed by atoms with Gasteiger partial charge >= 0.3 is 6.36 Å². The van der Waals surface area contributed by atoms with Gasteiger partial charge in [0.05, 0.1) is 4.90 Å². The molecule has 0 aliphatic heterocycles. The Morgan fingerprint density at radius 3 is 2.17 bits per heavy atom. The summed E-state index contributed by atoms with van der Waals surface area (Å²) < 4.78 is 64.4. The molecule has 0 fully saturated rings. The molecule has 2 aromatic carbocycles. The molecule has 0 aliphatic rings. The topological polar surface area (TPSA) is 79.8 Å². The first-order valence-corrected chi connectivity index (χ1v) is 10.0. The van der Waals surface area contributed by atoms with Gasteiger partial charge < -0.3 is 15.4 Å². The van der Waals surface area contributed by atoms with Crippen LogP contribution in [0.4, 0.5) is 13.2 Å². The van der Waals surface area contributed by atoms with Crippen LogP contribution in [-0.4, -0.2) is 34.0 Å². The molecular weight excluding hydrogens is 522 g/mol. The number of sulfone groups is 1. The van der Waals surface area contributed by atoms with Crippen molar-refractivity contribution >= 4 is 39.8 Å². The number of benzene rings is 2. The fourth-order valence-corrected chi connectivity index (χ4v) is 2.94. The fourth-order valence-electron chi connectivity index (χ4n) is 2.31. The normalized spacial score (nSPS) is 12.1. The lowest BCUT2D eigenvalue weighted by molar-refractivity contribution is -0.274. The van der Waals surface area contributed by atoms with E-state index in [4.69, 9.17) is 0 Å². The van der Waals surface area contributed by atoms with Gasteiger partial charge in [0.2, 0.25) is 0 Å². The molecule has 2 aromatic rings. The van der Waals surface area contributed by atoms with Gasteiger partial charge in [0.1, 0.15) is 5.75 Å². The molecule has 0 heterocycles. The van der Waals surface area contributed by atoms with Gasteiger partial charge in [-0.05, 0) is 23.8 Å². The average Bonchev–Trinajstić information content (AvgIpc) is 2.61. The highest BCUT2D eigenvalue weighted by atomic mass is 127. The molecule has 0 saturated heterocycles. The van der Waals surface area contributed by atoms with Gasteiger partial charge in [0, 0.05) is 32.0 Å². The Bertz CT molecular complexity index is 933. The van der Waals surface area contributed by atoms with Gasteiger partial charge in [-0.15, -0.1) is 37.1 Å². The highest BCUT2D eigenvalue weighted by molar-refractivity contribution is 14.0. The second-order valence-corrected chi connectivity index (χ2v) is 7.87. The van der Waals surface area contributed by atoms with Crippen molar-refractivity contribution in [2.45, 2.75) is 24.3 Å². The van der Waals surface area contributed by atoms with Gasteiger partial charge in [-0.3, -0.25) is 4.99 Å². The first-order chi connectivity index (χ1) is 13.1. The summed E-state index contributed by atoms with van der Waals surface area (Å²) in [6, 6.07) is 12.2. The maximum Gasteiger partial charge on any atom is 0.573 e. The zero-order valence-corrected chi connectivity index (χ0v) is 18.8. The van der Waals surface area contributed by atoms with Crippen molar-refractivity contribution < 1.29 is 26.3 Å². The Balaban J connectivity index is 0.00000420. The molecule has 11 heteroatoms. The second-order valence-electron chi connectivity index (χ2n) is 5.85. The van der Waals surface area contributed by atoms with Crippen molar-refractivity contribution in [3.05, 3.63) is 59.7 Å². The minimum absolute atomic E-state index is 0. The van der Waals surface area contributed by atoms with Gasteiger partial charge in [-0.25, -0.2) is 8.42 Å². The molecule has 6 nitrogen and oxygen atoms in total. The summed E-state index contributed by atoms with van der Waals surface area (Å²) in [4.78, 5) is 4.24. The second kappa shape index (κ2) is 10.7. The number of hydrogen-bond acceptors (Lipinski definition) is 4. The predicted molar refractivity (Wildman–Crippen MR) is 115 cm³/mol. The molecule has 160 valence electrons. The first kappa shape index (κ1) is 25.0. The van der Waals surface area contributed by atoms with Gasteiger partial charge in [0.15, 0.2) is 15.8 Å². The Kier molecular flexibility index (Phi) is 9.20. The molecule has 0 radical (unpaired) electrons. The average molecular weight is 543 g/mol. The Morgan fingerprint density at radius 2 is 1.62 bits per heavy atom. The minimum atomic E-state index is -4.77. The van der Waals surface area contributed by atoms with E-state index in [1.807, 2.05) is 0 Å². The molecule has 0 amide bonds. The lowest BCUT2D eigenvalue weighted by atomic mass is 10.2. The monoisotopic (exact) mass is 543 g/mol. The maximum atomic E-state index is 12.5. The van der Waals surface area contributed by atoms with E-state index in [0.29, 0.717) is 18.1 Å². The summed E-state index contributed by atoms with van der Waals surface area (Å²) in [6.45, 7) is 0.420. The molecule has 0 saturated carbocycles. The number of nitrogens with zero attached hydrogens (tertiary/aromatic N) is 1. The van der Waals surface area contributed by atoms with E-state index in [-0.39, 0.29) is 41.2 Å². The zero-order valence-electron chi connectivity index (χ0n) is 15.7. The SMILES string of the molecule is CN=C(NCc1ccc(S(C)(=O)=O)cc1)NCc1ccccc1OC(F)(F)F.I. The van der Waals surface area contributed by atoms with Crippen molar-refractivity contribution in [2.75, 3.05) is 13.3 Å². The third-order valence-corrected chi connectivity index (χ3v) is 4.81. The molecule has 0 unspecified atom stereocenters. The molecule has 0 atom stereocenters. The largest absolute Gasteiger partial charge is 0.573 e. The van der Waals surface area contributed by atoms with Crippen LogP contribution in [-0.2, 0) is 22.9 Å². The van der Waals surface area contributed by atoms with Crippen LogP contribution in [0, 0.1) is 0 Å². The molecule has 0 aliphatic carbocycles. The van der Waals surface area contributed by atoms with Crippen molar-refractivity contribution in [2.24, 2.45) is 4.99 Å². The number of alkyl halides is 3. The Labute approximate surface area is 184 Å². The van der Waals surface area contributed by atoms with Crippen LogP contribution in [0.25, 0.3) is 0 Å². The molecule has 2 rings (SSSR count). The number of rotatable bonds is 6. The van der Waals surface area contributed by atoms with E-state index in [1.165, 1.54) is 37.4 Å². The van der Waals surface area contributed by atoms with Crippen LogP contribution in [0.15, 0.2) is 58.4 Å². The Hall–Kier alpha value is -2.02. The number of hydrogen-bond donors (Lipinski definition) is 2. The lowest BCUT2D eigenvalue weighted by Gasteiger charge is -2.15. The number of ether oxygens (including phenoxy) is 1. The van der Waals surface area contributed by atoms with Crippen LogP contribution in [0.2, 0.25) is 0 Å². The predicted octanol–water partition coefficient (Wildman–Crippen LogP) is 3.47. The van der Waals surface area contributed by atoms with Crippen LogP contribution in [0.5, 0.6) is 5.75 Å². The maximum absolute atomic E-state index is 12.5. The number of nitrogens with one attached hydrogen (secondary N) is 2. The van der Waals surface area contributed by atoms with E-state index in [2.05, 4.69) is 20.4 Å². The summed E-state index contributed by atoms with van der Waals surface area (Å²) in [6.07, 6.45) is -3.64. The summed E-state index contributed by atoms with van der Waals surface area (Å²) in [5.41, 5.74) is 1.14. The molecular formula is C18H21F3IN3O3S. The molecule has 29 heavy (non-hydrogen) atoms. The molecule has 0 aromatic heterocycles. The van der Waals surface area contributed by atoms with Gasteiger partial charge in [-0.2, -0.15) is 0 Å². The van der Waals surface area contributed by atoms with Crippen LogP contribution < -0.4 is 15.4 Å². The smallest absolute Gasteiger partial charge is 0.405 e. The van der Waals surface area contributed by atoms with E-state index in [9.17, 15) is 21.6 Å². The number of aliphatic imine (C=N–C) groups is 1. The van der Waals surface area contributed by atoms with Crippen LogP contribution in [0.3, 0.4) is 0 Å². The third kappa shape index (κ3) is 8.48. The van der Waals surface area contributed by atoms with Gasteiger partial charge in [0.25, 0.3) is 0 Å². The summed E-state index contributed by atoms with van der Waals surface area (Å²) in [5, 5.41) is 5.92. The zero-order chi connectivity index (χ0) is 20.8. The minimum Gasteiger partial charge on any atom is -0.405 e. The standard InChI is InChI=1S/C18H20F3N3O3S.HI/c1-22-17(23-11-13-7-9-15(10-8-13)28(2,25)26)24-12-14-5-3-4-6-16(14)27-18(19,20)21;/h3-10H,11-12H2,1-2H3,(H2,22,23,24);1H. The molecule has 0 bridgehead atoms. The summed E-state index contributed by atoms with van der Waals surface area (Å²) in [7, 11) is -1.73. The fraction of sp³-hybridized carbons (Fsp3) is 0.278. The first-order valence-electron chi connectivity index (χ1n) is 8.15. The quantitative estimate of drug-likeness (QED) is 0.332. The summed E-state index contributed by atoms with van der Waals surface area (Å²) >= 11 is 0. The van der Waals surface area contributed by atoms with Crippen LogP contribution >= 0.6 is 24.0 Å². The number of halogens is 4. The van der Waals surface area contributed by atoms with E-state index in [0.717, 1.165) is 11.8 Å². The molecule has 2 N–H and O–H groups in total. The van der Waals surface area contributed by atoms with E-state index in [1.54, 1.807) is 18.2 Å². The van der Waals surface area contributed by atoms with Crippen molar-refractivity contribution in [1.82, 2.24) is 10.6 Å². The highest BCUT2D eigenvalue weighted by Gasteiger charge is 2.31. The van der Waals surface area contributed by atoms with Crippen molar-refractivity contribution in [1.29, 1.82) is 0 Å². The lowest BCUT2D eigenvalue weighted by Crippen LogP contribution is -2.36. The van der Waals surface area contributed by atoms with Crippen molar-refractivity contribution in [3.63, 3.8) is 0 Å². The number of guanidine groups is 1. The highest BCUT2D eigenvalue weighted by Crippen LogP contribution is 2.26. The van der Waals surface area contributed by atoms with Crippen LogP contribution in [0.1, 0.15) is 11.1 Å². The van der Waals surface area contributed by atoms with Crippen molar-refractivity contribution in [3.8, 4) is 5.75 Å². The van der Waals surface area contributed by atoms with Gasteiger partial charge in [-0.1, -0.05) is 30.3 Å². The van der Waals surface area contributed by atoms with E-state index >= 15 is 0 Å².